The van der Waals surface area contributed by atoms with Crippen molar-refractivity contribution < 1.29 is 9.53 Å². The van der Waals surface area contributed by atoms with Gasteiger partial charge in [0, 0.05) is 23.2 Å². The van der Waals surface area contributed by atoms with Gasteiger partial charge < -0.3 is 10.1 Å². The molecule has 0 unspecified atom stereocenters. The summed E-state index contributed by atoms with van der Waals surface area (Å²) in [4.78, 5) is 11.9. The van der Waals surface area contributed by atoms with Crippen molar-refractivity contribution in [2.45, 2.75) is 27.2 Å². The normalized spacial score (nSPS) is 10.8. The van der Waals surface area contributed by atoms with Gasteiger partial charge in [0.05, 0.1) is 6.61 Å². The van der Waals surface area contributed by atoms with Crippen LogP contribution in [0.4, 0.5) is 0 Å². The van der Waals surface area contributed by atoms with Crippen molar-refractivity contribution in [2.24, 2.45) is 5.92 Å². The fourth-order valence-corrected chi connectivity index (χ4v) is 2.24. The number of amides is 1. The zero-order chi connectivity index (χ0) is 14.3. The molecular formula is C15H22BrNO2. The molecule has 0 saturated heterocycles. The Balaban J connectivity index is 2.27. The fraction of sp³-hybridized carbons (Fsp3) is 0.533. The van der Waals surface area contributed by atoms with Gasteiger partial charge in [0.25, 0.3) is 5.91 Å². The number of carbonyl (C=O) groups is 1. The van der Waals surface area contributed by atoms with Crippen LogP contribution >= 0.6 is 15.9 Å². The van der Waals surface area contributed by atoms with E-state index in [2.05, 4.69) is 35.1 Å². The summed E-state index contributed by atoms with van der Waals surface area (Å²) in [7, 11) is 0. The van der Waals surface area contributed by atoms with E-state index in [4.69, 9.17) is 4.74 Å². The molecule has 106 valence electrons. The standard InChI is InChI=1S/C15H22BrNO2/c1-11(2)4-6-19-7-5-17-15(18)13-8-12(3)9-14(16)10-13/h8-11H,4-7H2,1-3H3,(H,17,18). The minimum Gasteiger partial charge on any atom is -0.380 e. The van der Waals surface area contributed by atoms with Gasteiger partial charge in [0.1, 0.15) is 0 Å². The number of halogens is 1. The Kier molecular flexibility index (Phi) is 7.10. The Morgan fingerprint density at radius 3 is 2.68 bits per heavy atom. The second kappa shape index (κ2) is 8.33. The van der Waals surface area contributed by atoms with Gasteiger partial charge in [0.15, 0.2) is 0 Å². The number of aryl methyl sites for hydroxylation is 1. The van der Waals surface area contributed by atoms with Gasteiger partial charge in [-0.25, -0.2) is 0 Å². The van der Waals surface area contributed by atoms with Gasteiger partial charge in [-0.1, -0.05) is 29.8 Å². The Hall–Kier alpha value is -0.870. The van der Waals surface area contributed by atoms with Crippen molar-refractivity contribution in [3.05, 3.63) is 33.8 Å². The highest BCUT2D eigenvalue weighted by molar-refractivity contribution is 9.10. The third-order valence-electron chi connectivity index (χ3n) is 2.68. The third kappa shape index (κ3) is 6.73. The Morgan fingerprint density at radius 1 is 1.32 bits per heavy atom. The zero-order valence-corrected chi connectivity index (χ0v) is 13.4. The summed E-state index contributed by atoms with van der Waals surface area (Å²) in [6.45, 7) is 8.16. The largest absolute Gasteiger partial charge is 0.380 e. The lowest BCUT2D eigenvalue weighted by Crippen LogP contribution is -2.27. The van der Waals surface area contributed by atoms with Gasteiger partial charge in [-0.15, -0.1) is 0 Å². The smallest absolute Gasteiger partial charge is 0.251 e. The van der Waals surface area contributed by atoms with Crippen LogP contribution in [0.5, 0.6) is 0 Å². The van der Waals surface area contributed by atoms with Gasteiger partial charge in [-0.2, -0.15) is 0 Å². The summed E-state index contributed by atoms with van der Waals surface area (Å²) in [6.07, 6.45) is 1.05. The molecule has 0 fully saturated rings. The Labute approximate surface area is 123 Å². The van der Waals surface area contributed by atoms with Crippen LogP contribution < -0.4 is 5.32 Å². The van der Waals surface area contributed by atoms with Crippen LogP contribution in [-0.4, -0.2) is 25.7 Å². The number of nitrogens with one attached hydrogen (secondary N) is 1. The van der Waals surface area contributed by atoms with Gasteiger partial charge in [-0.05, 0) is 43.0 Å². The van der Waals surface area contributed by atoms with Crippen molar-refractivity contribution in [1.82, 2.24) is 5.32 Å². The van der Waals surface area contributed by atoms with Gasteiger partial charge in [0.2, 0.25) is 0 Å². The highest BCUT2D eigenvalue weighted by Gasteiger charge is 2.06. The first-order valence-corrected chi connectivity index (χ1v) is 7.41. The van der Waals surface area contributed by atoms with Crippen LogP contribution in [0.15, 0.2) is 22.7 Å². The quantitative estimate of drug-likeness (QED) is 0.778. The number of ether oxygens (including phenoxy) is 1. The van der Waals surface area contributed by atoms with Crippen molar-refractivity contribution in [3.8, 4) is 0 Å². The molecule has 0 radical (unpaired) electrons. The predicted molar refractivity (Wildman–Crippen MR) is 81.5 cm³/mol. The molecule has 1 amide bonds. The fourth-order valence-electron chi connectivity index (χ4n) is 1.63. The van der Waals surface area contributed by atoms with Crippen molar-refractivity contribution in [2.75, 3.05) is 19.8 Å². The SMILES string of the molecule is Cc1cc(Br)cc(C(=O)NCCOCCC(C)C)c1. The molecule has 0 saturated carbocycles. The number of hydrogen-bond donors (Lipinski definition) is 1. The monoisotopic (exact) mass is 327 g/mol. The van der Waals surface area contributed by atoms with Crippen LogP contribution in [0.2, 0.25) is 0 Å². The maximum Gasteiger partial charge on any atom is 0.251 e. The maximum absolute atomic E-state index is 11.9. The summed E-state index contributed by atoms with van der Waals surface area (Å²) in [6, 6.07) is 5.67. The van der Waals surface area contributed by atoms with Crippen LogP contribution in [0.1, 0.15) is 36.2 Å². The molecule has 0 spiro atoms. The summed E-state index contributed by atoms with van der Waals surface area (Å²) >= 11 is 3.39. The Morgan fingerprint density at radius 2 is 2.05 bits per heavy atom. The molecule has 19 heavy (non-hydrogen) atoms. The van der Waals surface area contributed by atoms with E-state index >= 15 is 0 Å². The van der Waals surface area contributed by atoms with E-state index in [1.807, 2.05) is 25.1 Å². The molecular weight excluding hydrogens is 306 g/mol. The van der Waals surface area contributed by atoms with E-state index in [1.165, 1.54) is 0 Å². The lowest BCUT2D eigenvalue weighted by Gasteiger charge is -2.08. The van der Waals surface area contributed by atoms with Crippen LogP contribution in [0.25, 0.3) is 0 Å². The molecule has 1 rings (SSSR count). The molecule has 0 bridgehead atoms. The summed E-state index contributed by atoms with van der Waals surface area (Å²) < 4.78 is 6.38. The minimum absolute atomic E-state index is 0.0585. The minimum atomic E-state index is -0.0585. The third-order valence-corrected chi connectivity index (χ3v) is 3.13. The average molecular weight is 328 g/mol. The number of benzene rings is 1. The van der Waals surface area contributed by atoms with Crippen molar-refractivity contribution >= 4 is 21.8 Å². The van der Waals surface area contributed by atoms with Crippen molar-refractivity contribution in [1.29, 1.82) is 0 Å². The van der Waals surface area contributed by atoms with Crippen molar-refractivity contribution in [3.63, 3.8) is 0 Å². The van der Waals surface area contributed by atoms with E-state index in [-0.39, 0.29) is 5.91 Å². The first-order chi connectivity index (χ1) is 8.99. The molecule has 0 aliphatic rings. The first-order valence-electron chi connectivity index (χ1n) is 6.62. The molecule has 0 heterocycles. The first kappa shape index (κ1) is 16.2. The number of carbonyl (C=O) groups excluding carboxylic acids is 1. The van der Waals surface area contributed by atoms with E-state index < -0.39 is 0 Å². The molecule has 0 aliphatic carbocycles. The second-order valence-corrected chi connectivity index (χ2v) is 5.98. The van der Waals surface area contributed by atoms with E-state index in [1.54, 1.807) is 0 Å². The maximum atomic E-state index is 11.9. The average Bonchev–Trinajstić information content (AvgIpc) is 2.31. The molecule has 4 heteroatoms. The predicted octanol–water partition coefficient (Wildman–Crippen LogP) is 3.55. The number of hydrogen-bond acceptors (Lipinski definition) is 2. The topological polar surface area (TPSA) is 38.3 Å². The van der Waals surface area contributed by atoms with Crippen LogP contribution in [-0.2, 0) is 4.74 Å². The second-order valence-electron chi connectivity index (χ2n) is 5.07. The zero-order valence-electron chi connectivity index (χ0n) is 11.8. The van der Waals surface area contributed by atoms with Crippen LogP contribution in [0.3, 0.4) is 0 Å². The summed E-state index contributed by atoms with van der Waals surface area (Å²) in [5.41, 5.74) is 1.74. The molecule has 1 N–H and O–H groups in total. The molecule has 0 aliphatic heterocycles. The molecule has 0 aromatic heterocycles. The molecule has 1 aromatic carbocycles. The number of rotatable bonds is 7. The summed E-state index contributed by atoms with van der Waals surface area (Å²) in [5.74, 6) is 0.594. The van der Waals surface area contributed by atoms with E-state index in [9.17, 15) is 4.79 Å². The Bertz CT molecular complexity index is 398. The lowest BCUT2D eigenvalue weighted by molar-refractivity contribution is 0.0905. The lowest BCUT2D eigenvalue weighted by atomic mass is 10.1. The van der Waals surface area contributed by atoms with Gasteiger partial charge in [-0.3, -0.25) is 4.79 Å². The molecule has 0 atom stereocenters. The molecule has 1 aromatic rings. The van der Waals surface area contributed by atoms with E-state index in [0.29, 0.717) is 24.6 Å². The highest BCUT2D eigenvalue weighted by atomic mass is 79.9. The van der Waals surface area contributed by atoms with E-state index in [0.717, 1.165) is 23.1 Å². The summed E-state index contributed by atoms with van der Waals surface area (Å²) in [5, 5.41) is 2.86. The molecule has 3 nitrogen and oxygen atoms in total. The van der Waals surface area contributed by atoms with Crippen LogP contribution in [0, 0.1) is 12.8 Å². The van der Waals surface area contributed by atoms with Gasteiger partial charge >= 0.3 is 0 Å². The highest BCUT2D eigenvalue weighted by Crippen LogP contribution is 2.15.